The molecule has 4 rings (SSSR count). The summed E-state index contributed by atoms with van der Waals surface area (Å²) in [4.78, 5) is 11.5. The Hall–Kier alpha value is -3.60. The number of fused-ring (bicyclic) bond motifs is 1. The standard InChI is InChI=1S/C22H20N4O/c1-2-26(17-9-5-3-6-10-17)22-24-20-14-13-16(23)15-19(20)21(25-22)27-18-11-7-4-8-12-18/h3-15H,2,23H2,1H3. The minimum atomic E-state index is 0.489. The molecule has 3 aromatic carbocycles. The summed E-state index contributed by atoms with van der Waals surface area (Å²) >= 11 is 0. The van der Waals surface area contributed by atoms with E-state index in [0.717, 1.165) is 23.1 Å². The van der Waals surface area contributed by atoms with Gasteiger partial charge in [-0.25, -0.2) is 4.98 Å². The maximum absolute atomic E-state index is 6.08. The van der Waals surface area contributed by atoms with Crippen LogP contribution in [0.2, 0.25) is 0 Å². The van der Waals surface area contributed by atoms with Crippen LogP contribution < -0.4 is 15.4 Å². The summed E-state index contributed by atoms with van der Waals surface area (Å²) in [7, 11) is 0. The second-order valence-electron chi connectivity index (χ2n) is 6.10. The van der Waals surface area contributed by atoms with Gasteiger partial charge in [0, 0.05) is 17.9 Å². The third-order valence-electron chi connectivity index (χ3n) is 4.26. The van der Waals surface area contributed by atoms with Crippen molar-refractivity contribution in [2.24, 2.45) is 0 Å². The van der Waals surface area contributed by atoms with Gasteiger partial charge in [0.05, 0.1) is 10.9 Å². The molecule has 0 saturated carbocycles. The monoisotopic (exact) mass is 356 g/mol. The number of rotatable bonds is 5. The van der Waals surface area contributed by atoms with Crippen molar-refractivity contribution in [2.45, 2.75) is 6.92 Å². The molecule has 0 saturated heterocycles. The number of nitrogens with zero attached hydrogens (tertiary/aromatic N) is 3. The lowest BCUT2D eigenvalue weighted by molar-refractivity contribution is 0.468. The minimum Gasteiger partial charge on any atom is -0.438 e. The molecule has 0 aliphatic heterocycles. The van der Waals surface area contributed by atoms with Gasteiger partial charge in [0.1, 0.15) is 5.75 Å². The molecule has 0 radical (unpaired) electrons. The molecule has 27 heavy (non-hydrogen) atoms. The summed E-state index contributed by atoms with van der Waals surface area (Å²) in [5.41, 5.74) is 8.44. The van der Waals surface area contributed by atoms with E-state index < -0.39 is 0 Å². The van der Waals surface area contributed by atoms with E-state index in [4.69, 9.17) is 20.4 Å². The van der Waals surface area contributed by atoms with Crippen LogP contribution in [0.4, 0.5) is 17.3 Å². The number of anilines is 3. The highest BCUT2D eigenvalue weighted by Gasteiger charge is 2.16. The van der Waals surface area contributed by atoms with Crippen LogP contribution >= 0.6 is 0 Å². The summed E-state index contributed by atoms with van der Waals surface area (Å²) < 4.78 is 6.08. The van der Waals surface area contributed by atoms with E-state index >= 15 is 0 Å². The van der Waals surface area contributed by atoms with E-state index in [1.807, 2.05) is 83.8 Å². The zero-order valence-electron chi connectivity index (χ0n) is 15.0. The molecule has 134 valence electrons. The minimum absolute atomic E-state index is 0.489. The largest absolute Gasteiger partial charge is 0.438 e. The Morgan fingerprint density at radius 2 is 1.59 bits per heavy atom. The van der Waals surface area contributed by atoms with Crippen molar-refractivity contribution in [3.05, 3.63) is 78.9 Å². The molecule has 0 spiro atoms. The van der Waals surface area contributed by atoms with Crippen molar-refractivity contribution >= 4 is 28.2 Å². The Morgan fingerprint density at radius 3 is 2.30 bits per heavy atom. The van der Waals surface area contributed by atoms with Crippen molar-refractivity contribution in [1.82, 2.24) is 9.97 Å². The smallest absolute Gasteiger partial charge is 0.233 e. The fourth-order valence-corrected chi connectivity index (χ4v) is 2.95. The Bertz CT molecular complexity index is 1050. The fourth-order valence-electron chi connectivity index (χ4n) is 2.95. The number of ether oxygens (including phenoxy) is 1. The highest BCUT2D eigenvalue weighted by Crippen LogP contribution is 2.32. The average Bonchev–Trinajstić information content (AvgIpc) is 2.71. The molecule has 0 aliphatic rings. The number of hydrogen-bond acceptors (Lipinski definition) is 5. The second-order valence-corrected chi connectivity index (χ2v) is 6.10. The Balaban J connectivity index is 1.86. The van der Waals surface area contributed by atoms with Crippen LogP contribution in [-0.2, 0) is 0 Å². The van der Waals surface area contributed by atoms with Gasteiger partial charge < -0.3 is 15.4 Å². The van der Waals surface area contributed by atoms with E-state index in [1.54, 1.807) is 0 Å². The zero-order valence-corrected chi connectivity index (χ0v) is 15.0. The van der Waals surface area contributed by atoms with Gasteiger partial charge >= 0.3 is 0 Å². The highest BCUT2D eigenvalue weighted by molar-refractivity contribution is 5.88. The van der Waals surface area contributed by atoms with Crippen LogP contribution in [0.25, 0.3) is 10.9 Å². The zero-order chi connectivity index (χ0) is 18.6. The lowest BCUT2D eigenvalue weighted by Crippen LogP contribution is -2.19. The molecule has 4 aromatic rings. The van der Waals surface area contributed by atoms with Crippen molar-refractivity contribution < 1.29 is 4.74 Å². The topological polar surface area (TPSA) is 64.3 Å². The Kier molecular flexibility index (Phi) is 4.58. The lowest BCUT2D eigenvalue weighted by atomic mass is 10.2. The summed E-state index contributed by atoms with van der Waals surface area (Å²) in [6.07, 6.45) is 0. The van der Waals surface area contributed by atoms with Crippen molar-refractivity contribution in [1.29, 1.82) is 0 Å². The van der Waals surface area contributed by atoms with E-state index in [9.17, 15) is 0 Å². The Labute approximate surface area is 158 Å². The normalized spacial score (nSPS) is 10.7. The third kappa shape index (κ3) is 3.53. The second kappa shape index (κ2) is 7.33. The molecule has 0 bridgehead atoms. The van der Waals surface area contributed by atoms with E-state index in [1.165, 1.54) is 0 Å². The Morgan fingerprint density at radius 1 is 0.889 bits per heavy atom. The molecule has 0 unspecified atom stereocenters. The number of nitrogens with two attached hydrogens (primary N) is 1. The third-order valence-corrected chi connectivity index (χ3v) is 4.26. The molecule has 0 atom stereocenters. The van der Waals surface area contributed by atoms with Gasteiger partial charge in [0.2, 0.25) is 11.8 Å². The fraction of sp³-hybridized carbons (Fsp3) is 0.0909. The average molecular weight is 356 g/mol. The van der Waals surface area contributed by atoms with E-state index in [2.05, 4.69) is 6.92 Å². The SMILES string of the molecule is CCN(c1ccccc1)c1nc(Oc2ccccc2)c2cc(N)ccc2n1. The van der Waals surface area contributed by atoms with E-state index in [0.29, 0.717) is 23.3 Å². The van der Waals surface area contributed by atoms with Gasteiger partial charge in [0.25, 0.3) is 0 Å². The van der Waals surface area contributed by atoms with Gasteiger partial charge in [-0.15, -0.1) is 0 Å². The van der Waals surface area contributed by atoms with E-state index in [-0.39, 0.29) is 0 Å². The molecule has 0 amide bonds. The summed E-state index contributed by atoms with van der Waals surface area (Å²) in [5, 5.41) is 0.784. The van der Waals surface area contributed by atoms with Crippen molar-refractivity contribution in [3.63, 3.8) is 0 Å². The van der Waals surface area contributed by atoms with Gasteiger partial charge in [-0.2, -0.15) is 4.98 Å². The van der Waals surface area contributed by atoms with Gasteiger partial charge in [0.15, 0.2) is 0 Å². The molecule has 1 aromatic heterocycles. The van der Waals surface area contributed by atoms with Gasteiger partial charge in [-0.05, 0) is 49.4 Å². The van der Waals surface area contributed by atoms with Crippen molar-refractivity contribution in [2.75, 3.05) is 17.2 Å². The first-order valence-electron chi connectivity index (χ1n) is 8.87. The first-order valence-corrected chi connectivity index (χ1v) is 8.87. The maximum atomic E-state index is 6.08. The molecular weight excluding hydrogens is 336 g/mol. The summed E-state index contributed by atoms with van der Waals surface area (Å²) in [6.45, 7) is 2.80. The number of benzene rings is 3. The number of hydrogen-bond donors (Lipinski definition) is 1. The van der Waals surface area contributed by atoms with Gasteiger partial charge in [-0.1, -0.05) is 36.4 Å². The number of aromatic nitrogens is 2. The van der Waals surface area contributed by atoms with Gasteiger partial charge in [-0.3, -0.25) is 0 Å². The molecule has 5 nitrogen and oxygen atoms in total. The molecule has 5 heteroatoms. The number of para-hydroxylation sites is 2. The van der Waals surface area contributed by atoms with Crippen LogP contribution in [0.3, 0.4) is 0 Å². The lowest BCUT2D eigenvalue weighted by Gasteiger charge is -2.22. The predicted octanol–water partition coefficient (Wildman–Crippen LogP) is 5.16. The highest BCUT2D eigenvalue weighted by atomic mass is 16.5. The van der Waals surface area contributed by atoms with Crippen LogP contribution in [-0.4, -0.2) is 16.5 Å². The summed E-state index contributed by atoms with van der Waals surface area (Å²) in [6, 6.07) is 25.2. The maximum Gasteiger partial charge on any atom is 0.233 e. The van der Waals surface area contributed by atoms with Crippen LogP contribution in [0.1, 0.15) is 6.92 Å². The first kappa shape index (κ1) is 16.8. The molecule has 1 heterocycles. The van der Waals surface area contributed by atoms with Crippen LogP contribution in [0, 0.1) is 0 Å². The summed E-state index contributed by atoms with van der Waals surface area (Å²) in [5.74, 6) is 1.79. The molecule has 0 fully saturated rings. The molecular formula is C22H20N4O. The quantitative estimate of drug-likeness (QED) is 0.500. The predicted molar refractivity (Wildman–Crippen MR) is 110 cm³/mol. The van der Waals surface area contributed by atoms with Crippen molar-refractivity contribution in [3.8, 4) is 11.6 Å². The molecule has 2 N–H and O–H groups in total. The first-order chi connectivity index (χ1) is 13.2. The van der Waals surface area contributed by atoms with Crippen LogP contribution in [0.15, 0.2) is 78.9 Å². The van der Waals surface area contributed by atoms with Crippen LogP contribution in [0.5, 0.6) is 11.6 Å². The molecule has 0 aliphatic carbocycles. The number of nitrogen functional groups attached to an aromatic ring is 1.